The molecule has 1 amide bonds. The molecular formula is C22H14N2O6. The fraction of sp³-hybridized carbons (Fsp3) is 0. The minimum absolute atomic E-state index is 0.000111. The van der Waals surface area contributed by atoms with E-state index >= 15 is 0 Å². The van der Waals surface area contributed by atoms with Crippen molar-refractivity contribution in [1.29, 1.82) is 5.26 Å². The molecule has 0 aliphatic heterocycles. The van der Waals surface area contributed by atoms with E-state index < -0.39 is 17.8 Å². The maximum atomic E-state index is 12.4. The first-order valence-corrected chi connectivity index (χ1v) is 8.57. The fourth-order valence-electron chi connectivity index (χ4n) is 2.58. The number of carboxylic acids is 2. The third-order valence-corrected chi connectivity index (χ3v) is 4.06. The van der Waals surface area contributed by atoms with Gasteiger partial charge in [-0.2, -0.15) is 5.26 Å². The first-order valence-electron chi connectivity index (χ1n) is 8.57. The summed E-state index contributed by atoms with van der Waals surface area (Å²) < 4.78 is 5.62. The van der Waals surface area contributed by atoms with Gasteiger partial charge in [0.1, 0.15) is 23.2 Å². The van der Waals surface area contributed by atoms with Gasteiger partial charge < -0.3 is 19.9 Å². The summed E-state index contributed by atoms with van der Waals surface area (Å²) in [5.41, 5.74) is 0.770. The van der Waals surface area contributed by atoms with Crippen LogP contribution in [0, 0.1) is 11.3 Å². The van der Waals surface area contributed by atoms with Gasteiger partial charge in [0.15, 0.2) is 0 Å². The van der Waals surface area contributed by atoms with Crippen LogP contribution in [-0.4, -0.2) is 28.1 Å². The Kier molecular flexibility index (Phi) is 5.75. The van der Waals surface area contributed by atoms with E-state index in [9.17, 15) is 19.6 Å². The molecule has 3 N–H and O–H groups in total. The largest absolute Gasteiger partial charge is 0.478 e. The number of nitrogens with one attached hydrogen (secondary N) is 1. The summed E-state index contributed by atoms with van der Waals surface area (Å²) >= 11 is 0. The van der Waals surface area contributed by atoms with E-state index in [-0.39, 0.29) is 28.1 Å². The van der Waals surface area contributed by atoms with E-state index in [1.54, 1.807) is 30.3 Å². The number of amides is 1. The molecule has 0 fully saturated rings. The standard InChI is InChI=1S/C22H14N2O6/c23-12-16(20(25)24-17-3-1-2-15(10-17)22(28)29)11-18-8-9-19(30-18)13-4-6-14(7-5-13)21(26)27/h1-11H,(H,24,25)(H,26,27)(H,28,29)/b16-11+. The SMILES string of the molecule is N#C/C(=C\c1ccc(-c2ccc(C(=O)O)cc2)o1)C(=O)Nc1cccc(C(=O)O)c1. The van der Waals surface area contributed by atoms with Gasteiger partial charge >= 0.3 is 11.9 Å². The smallest absolute Gasteiger partial charge is 0.335 e. The molecule has 3 aromatic rings. The average Bonchev–Trinajstić information content (AvgIpc) is 3.20. The van der Waals surface area contributed by atoms with E-state index in [4.69, 9.17) is 14.6 Å². The second kappa shape index (κ2) is 8.58. The molecule has 148 valence electrons. The van der Waals surface area contributed by atoms with Crippen LogP contribution in [0.15, 0.2) is 70.7 Å². The average molecular weight is 402 g/mol. The molecule has 0 unspecified atom stereocenters. The summed E-state index contributed by atoms with van der Waals surface area (Å²) in [6, 6.07) is 16.7. The lowest BCUT2D eigenvalue weighted by Gasteiger charge is -2.05. The Morgan fingerprint density at radius 1 is 0.933 bits per heavy atom. The van der Waals surface area contributed by atoms with Crippen LogP contribution in [0.3, 0.4) is 0 Å². The lowest BCUT2D eigenvalue weighted by molar-refractivity contribution is -0.112. The Balaban J connectivity index is 1.78. The monoisotopic (exact) mass is 402 g/mol. The number of carboxylic acid groups (broad SMARTS) is 2. The summed E-state index contributed by atoms with van der Waals surface area (Å²) in [5.74, 6) is -2.21. The summed E-state index contributed by atoms with van der Waals surface area (Å²) in [4.78, 5) is 34.3. The molecular weight excluding hydrogens is 388 g/mol. The van der Waals surface area contributed by atoms with Gasteiger partial charge in [-0.15, -0.1) is 0 Å². The molecule has 8 heteroatoms. The molecule has 0 radical (unpaired) electrons. The number of benzene rings is 2. The minimum Gasteiger partial charge on any atom is -0.478 e. The lowest BCUT2D eigenvalue weighted by Crippen LogP contribution is -2.13. The predicted octanol–water partition coefficient (Wildman–Crippen LogP) is 3.89. The first-order chi connectivity index (χ1) is 14.4. The molecule has 0 saturated carbocycles. The highest BCUT2D eigenvalue weighted by molar-refractivity contribution is 6.09. The first kappa shape index (κ1) is 20.1. The van der Waals surface area contributed by atoms with Gasteiger partial charge in [0, 0.05) is 17.3 Å². The molecule has 0 atom stereocenters. The van der Waals surface area contributed by atoms with Gasteiger partial charge in [-0.1, -0.05) is 18.2 Å². The van der Waals surface area contributed by atoms with Gasteiger partial charge in [0.25, 0.3) is 5.91 Å². The van der Waals surface area contributed by atoms with Gasteiger partial charge in [-0.05, 0) is 42.5 Å². The predicted molar refractivity (Wildman–Crippen MR) is 107 cm³/mol. The molecule has 1 heterocycles. The van der Waals surface area contributed by atoms with E-state index in [0.29, 0.717) is 11.3 Å². The van der Waals surface area contributed by atoms with Crippen LogP contribution in [0.25, 0.3) is 17.4 Å². The molecule has 0 aliphatic rings. The van der Waals surface area contributed by atoms with Crippen LogP contribution >= 0.6 is 0 Å². The van der Waals surface area contributed by atoms with Gasteiger partial charge in [-0.25, -0.2) is 9.59 Å². The molecule has 0 bridgehead atoms. The quantitative estimate of drug-likeness (QED) is 0.419. The van der Waals surface area contributed by atoms with E-state index in [1.165, 1.54) is 42.5 Å². The van der Waals surface area contributed by atoms with Crippen molar-refractivity contribution in [3.63, 3.8) is 0 Å². The molecule has 30 heavy (non-hydrogen) atoms. The normalized spacial score (nSPS) is 10.8. The number of anilines is 1. The van der Waals surface area contributed by atoms with Crippen molar-refractivity contribution < 1.29 is 29.0 Å². The van der Waals surface area contributed by atoms with Crippen LogP contribution in [0.4, 0.5) is 5.69 Å². The number of hydrogen-bond acceptors (Lipinski definition) is 5. The highest BCUT2D eigenvalue weighted by Crippen LogP contribution is 2.24. The number of carbonyl (C=O) groups is 3. The summed E-state index contributed by atoms with van der Waals surface area (Å²) in [7, 11) is 0. The molecule has 3 rings (SSSR count). The highest BCUT2D eigenvalue weighted by Gasteiger charge is 2.13. The summed E-state index contributed by atoms with van der Waals surface area (Å²) in [5, 5.41) is 29.8. The van der Waals surface area contributed by atoms with Crippen LogP contribution < -0.4 is 5.32 Å². The van der Waals surface area contributed by atoms with Crippen molar-refractivity contribution in [2.45, 2.75) is 0 Å². The maximum Gasteiger partial charge on any atom is 0.335 e. The van der Waals surface area contributed by atoms with E-state index in [2.05, 4.69) is 5.32 Å². The van der Waals surface area contributed by atoms with Crippen LogP contribution in [0.1, 0.15) is 26.5 Å². The lowest BCUT2D eigenvalue weighted by atomic mass is 10.1. The Bertz CT molecular complexity index is 1200. The third kappa shape index (κ3) is 4.61. The molecule has 1 aromatic heterocycles. The van der Waals surface area contributed by atoms with Crippen molar-refractivity contribution in [2.75, 3.05) is 5.32 Å². The molecule has 0 aliphatic carbocycles. The number of aromatic carboxylic acids is 2. The molecule has 8 nitrogen and oxygen atoms in total. The zero-order valence-corrected chi connectivity index (χ0v) is 15.3. The number of carbonyl (C=O) groups excluding carboxylic acids is 1. The second-order valence-electron chi connectivity index (χ2n) is 6.09. The maximum absolute atomic E-state index is 12.4. The van der Waals surface area contributed by atoms with Crippen molar-refractivity contribution in [3.05, 3.63) is 83.1 Å². The number of hydrogen-bond donors (Lipinski definition) is 3. The third-order valence-electron chi connectivity index (χ3n) is 4.06. The zero-order valence-electron chi connectivity index (χ0n) is 15.3. The number of furan rings is 1. The Hall–Kier alpha value is -4.64. The Morgan fingerprint density at radius 3 is 2.27 bits per heavy atom. The van der Waals surface area contributed by atoms with Crippen molar-refractivity contribution >= 4 is 29.6 Å². The topological polar surface area (TPSA) is 141 Å². The van der Waals surface area contributed by atoms with Gasteiger partial charge in [0.05, 0.1) is 11.1 Å². The van der Waals surface area contributed by atoms with Gasteiger partial charge in [0.2, 0.25) is 0 Å². The van der Waals surface area contributed by atoms with E-state index in [0.717, 1.165) is 0 Å². The minimum atomic E-state index is -1.14. The number of rotatable bonds is 6. The number of nitriles is 1. The van der Waals surface area contributed by atoms with Crippen LogP contribution in [0.2, 0.25) is 0 Å². The number of nitrogens with zero attached hydrogens (tertiary/aromatic N) is 1. The highest BCUT2D eigenvalue weighted by atomic mass is 16.4. The molecule has 0 saturated heterocycles. The molecule has 0 spiro atoms. The summed E-state index contributed by atoms with van der Waals surface area (Å²) in [6.45, 7) is 0. The van der Waals surface area contributed by atoms with E-state index in [1.807, 2.05) is 0 Å². The van der Waals surface area contributed by atoms with Gasteiger partial charge in [-0.3, -0.25) is 4.79 Å². The molecule has 2 aromatic carbocycles. The zero-order chi connectivity index (χ0) is 21.7. The Labute approximate surface area is 170 Å². The van der Waals surface area contributed by atoms with Crippen molar-refractivity contribution in [3.8, 4) is 17.4 Å². The second-order valence-corrected chi connectivity index (χ2v) is 6.09. The van der Waals surface area contributed by atoms with Crippen LogP contribution in [0.5, 0.6) is 0 Å². The summed E-state index contributed by atoms with van der Waals surface area (Å²) in [6.07, 6.45) is 1.26. The van der Waals surface area contributed by atoms with Crippen molar-refractivity contribution in [2.24, 2.45) is 0 Å². The Morgan fingerprint density at radius 2 is 1.63 bits per heavy atom. The fourth-order valence-corrected chi connectivity index (χ4v) is 2.58. The van der Waals surface area contributed by atoms with Crippen LogP contribution in [-0.2, 0) is 4.79 Å². The van der Waals surface area contributed by atoms with Crippen molar-refractivity contribution in [1.82, 2.24) is 0 Å².